The van der Waals surface area contributed by atoms with Crippen molar-refractivity contribution < 1.29 is 4.79 Å². The average molecular weight is 157 g/mol. The zero-order valence-corrected chi connectivity index (χ0v) is 8.19. The van der Waals surface area contributed by atoms with Gasteiger partial charge >= 0.3 is 0 Å². The zero-order chi connectivity index (χ0) is 9.07. The maximum Gasteiger partial charge on any atom is 0.220 e. The lowest BCUT2D eigenvalue weighted by Crippen LogP contribution is -2.47. The normalized spacial score (nSPS) is 11.8. The van der Waals surface area contributed by atoms with Crippen LogP contribution >= 0.6 is 0 Å². The van der Waals surface area contributed by atoms with Crippen molar-refractivity contribution in [3.8, 4) is 0 Å². The smallest absolute Gasteiger partial charge is 0.220 e. The van der Waals surface area contributed by atoms with E-state index in [4.69, 9.17) is 0 Å². The predicted molar refractivity (Wildman–Crippen MR) is 47.4 cm³/mol. The molecule has 1 N–H and O–H groups in total. The van der Waals surface area contributed by atoms with E-state index < -0.39 is 0 Å². The van der Waals surface area contributed by atoms with Gasteiger partial charge in [0.15, 0.2) is 0 Å². The van der Waals surface area contributed by atoms with Crippen molar-refractivity contribution in [1.29, 1.82) is 0 Å². The second kappa shape index (κ2) is 3.74. The molecule has 0 aromatic rings. The first kappa shape index (κ1) is 10.5. The number of rotatable bonds is 3. The average Bonchev–Trinajstić information content (AvgIpc) is 1.86. The molecule has 66 valence electrons. The van der Waals surface area contributed by atoms with E-state index in [9.17, 15) is 4.79 Å². The third kappa shape index (κ3) is 3.40. The largest absolute Gasteiger partial charge is 0.351 e. The van der Waals surface area contributed by atoms with Gasteiger partial charge in [0.2, 0.25) is 5.91 Å². The highest BCUT2D eigenvalue weighted by Gasteiger charge is 2.23. The SMILES string of the molecule is CCC(=O)NC(C)(C)C(C)C. The van der Waals surface area contributed by atoms with E-state index in [1.54, 1.807) is 0 Å². The van der Waals surface area contributed by atoms with Crippen LogP contribution in [0.15, 0.2) is 0 Å². The summed E-state index contributed by atoms with van der Waals surface area (Å²) in [5.74, 6) is 0.599. The molecule has 0 aromatic heterocycles. The Labute approximate surface area is 69.4 Å². The lowest BCUT2D eigenvalue weighted by Gasteiger charge is -2.30. The van der Waals surface area contributed by atoms with Gasteiger partial charge in [0.05, 0.1) is 0 Å². The van der Waals surface area contributed by atoms with E-state index in [0.29, 0.717) is 12.3 Å². The minimum absolute atomic E-state index is 0.0763. The topological polar surface area (TPSA) is 29.1 Å². The fraction of sp³-hybridized carbons (Fsp3) is 0.889. The molecule has 0 fully saturated rings. The summed E-state index contributed by atoms with van der Waals surface area (Å²) in [6.07, 6.45) is 0.566. The standard InChI is InChI=1S/C9H19NO/c1-6-8(11)10-9(4,5)7(2)3/h7H,6H2,1-5H3,(H,10,11). The van der Waals surface area contributed by atoms with Gasteiger partial charge in [-0.1, -0.05) is 20.8 Å². The summed E-state index contributed by atoms with van der Waals surface area (Å²) in [6, 6.07) is 0. The Morgan fingerprint density at radius 2 is 1.91 bits per heavy atom. The van der Waals surface area contributed by atoms with Crippen molar-refractivity contribution in [2.24, 2.45) is 5.92 Å². The molecule has 0 radical (unpaired) electrons. The van der Waals surface area contributed by atoms with Crippen LogP contribution in [-0.4, -0.2) is 11.4 Å². The molecular weight excluding hydrogens is 138 g/mol. The van der Waals surface area contributed by atoms with E-state index in [0.717, 1.165) is 0 Å². The van der Waals surface area contributed by atoms with Gasteiger partial charge in [-0.15, -0.1) is 0 Å². The maximum atomic E-state index is 11.0. The van der Waals surface area contributed by atoms with Crippen LogP contribution in [0.5, 0.6) is 0 Å². The molecule has 0 heterocycles. The van der Waals surface area contributed by atoms with Crippen LogP contribution in [0.3, 0.4) is 0 Å². The highest BCUT2D eigenvalue weighted by Crippen LogP contribution is 2.14. The molecule has 0 aliphatic rings. The summed E-state index contributed by atoms with van der Waals surface area (Å²) in [5, 5.41) is 2.97. The molecule has 0 spiro atoms. The Morgan fingerprint density at radius 3 is 2.18 bits per heavy atom. The minimum Gasteiger partial charge on any atom is -0.351 e. The second-order valence-electron chi connectivity index (χ2n) is 3.78. The summed E-state index contributed by atoms with van der Waals surface area (Å²) < 4.78 is 0. The van der Waals surface area contributed by atoms with Gasteiger partial charge in [-0.3, -0.25) is 4.79 Å². The highest BCUT2D eigenvalue weighted by atomic mass is 16.1. The van der Waals surface area contributed by atoms with Crippen molar-refractivity contribution in [1.82, 2.24) is 5.32 Å². The van der Waals surface area contributed by atoms with Crippen molar-refractivity contribution >= 4 is 5.91 Å². The van der Waals surface area contributed by atoms with Gasteiger partial charge in [-0.25, -0.2) is 0 Å². The first-order chi connectivity index (χ1) is 4.90. The van der Waals surface area contributed by atoms with Crippen LogP contribution in [0.25, 0.3) is 0 Å². The number of nitrogens with one attached hydrogen (secondary N) is 1. The molecule has 0 bridgehead atoms. The summed E-state index contributed by atoms with van der Waals surface area (Å²) in [5.41, 5.74) is -0.0763. The van der Waals surface area contributed by atoms with Crippen LogP contribution in [0, 0.1) is 5.92 Å². The molecule has 0 unspecified atom stereocenters. The van der Waals surface area contributed by atoms with Gasteiger partial charge < -0.3 is 5.32 Å². The quantitative estimate of drug-likeness (QED) is 0.666. The molecule has 0 saturated heterocycles. The summed E-state index contributed by atoms with van der Waals surface area (Å²) >= 11 is 0. The van der Waals surface area contributed by atoms with E-state index in [-0.39, 0.29) is 11.4 Å². The van der Waals surface area contributed by atoms with Crippen molar-refractivity contribution in [2.45, 2.75) is 46.6 Å². The first-order valence-corrected chi connectivity index (χ1v) is 4.21. The Balaban J connectivity index is 4.01. The van der Waals surface area contributed by atoms with Crippen LogP contribution in [0.1, 0.15) is 41.0 Å². The maximum absolute atomic E-state index is 11.0. The highest BCUT2D eigenvalue weighted by molar-refractivity contribution is 5.76. The van der Waals surface area contributed by atoms with E-state index >= 15 is 0 Å². The molecule has 0 atom stereocenters. The van der Waals surface area contributed by atoms with Crippen molar-refractivity contribution in [2.75, 3.05) is 0 Å². The lowest BCUT2D eigenvalue weighted by molar-refractivity contribution is -0.122. The number of carbonyl (C=O) groups is 1. The third-order valence-corrected chi connectivity index (χ3v) is 2.23. The second-order valence-corrected chi connectivity index (χ2v) is 3.78. The number of amides is 1. The van der Waals surface area contributed by atoms with E-state index in [1.165, 1.54) is 0 Å². The summed E-state index contributed by atoms with van der Waals surface area (Å²) in [4.78, 5) is 11.0. The zero-order valence-electron chi connectivity index (χ0n) is 8.19. The first-order valence-electron chi connectivity index (χ1n) is 4.21. The Bertz CT molecular complexity index is 138. The molecule has 0 aromatic carbocycles. The molecule has 0 rings (SSSR count). The Hall–Kier alpha value is -0.530. The molecule has 2 nitrogen and oxygen atoms in total. The van der Waals surface area contributed by atoms with Gasteiger partial charge in [0.1, 0.15) is 0 Å². The number of hydrogen-bond donors (Lipinski definition) is 1. The molecule has 11 heavy (non-hydrogen) atoms. The molecular formula is C9H19NO. The van der Waals surface area contributed by atoms with Crippen LogP contribution in [0.2, 0.25) is 0 Å². The summed E-state index contributed by atoms with van der Waals surface area (Å²) in [6.45, 7) is 10.2. The van der Waals surface area contributed by atoms with Crippen LogP contribution in [0.4, 0.5) is 0 Å². The van der Waals surface area contributed by atoms with Crippen LogP contribution in [-0.2, 0) is 4.79 Å². The summed E-state index contributed by atoms with van der Waals surface area (Å²) in [7, 11) is 0. The van der Waals surface area contributed by atoms with Gasteiger partial charge in [-0.2, -0.15) is 0 Å². The fourth-order valence-electron chi connectivity index (χ4n) is 0.592. The van der Waals surface area contributed by atoms with E-state index in [1.807, 2.05) is 20.8 Å². The number of hydrogen-bond acceptors (Lipinski definition) is 1. The molecule has 0 aliphatic carbocycles. The minimum atomic E-state index is -0.0763. The predicted octanol–water partition coefficient (Wildman–Crippen LogP) is 1.95. The Kier molecular flexibility index (Phi) is 3.56. The molecule has 0 saturated carbocycles. The fourth-order valence-corrected chi connectivity index (χ4v) is 0.592. The third-order valence-electron chi connectivity index (χ3n) is 2.23. The van der Waals surface area contributed by atoms with Crippen molar-refractivity contribution in [3.05, 3.63) is 0 Å². The van der Waals surface area contributed by atoms with Crippen LogP contribution < -0.4 is 5.32 Å². The van der Waals surface area contributed by atoms with Gasteiger partial charge in [0, 0.05) is 12.0 Å². The molecule has 0 aliphatic heterocycles. The Morgan fingerprint density at radius 1 is 1.45 bits per heavy atom. The lowest BCUT2D eigenvalue weighted by atomic mass is 9.91. The van der Waals surface area contributed by atoms with Crippen molar-refractivity contribution in [3.63, 3.8) is 0 Å². The van der Waals surface area contributed by atoms with Gasteiger partial charge in [0.25, 0.3) is 0 Å². The van der Waals surface area contributed by atoms with E-state index in [2.05, 4.69) is 19.2 Å². The number of carbonyl (C=O) groups excluding carboxylic acids is 1. The molecule has 1 amide bonds. The monoisotopic (exact) mass is 157 g/mol. The van der Waals surface area contributed by atoms with Gasteiger partial charge in [-0.05, 0) is 19.8 Å². The molecule has 2 heteroatoms.